The van der Waals surface area contributed by atoms with Crippen LogP contribution in [0.4, 0.5) is 0 Å². The van der Waals surface area contributed by atoms with Gasteiger partial charge in [-0.05, 0) is 25.2 Å². The van der Waals surface area contributed by atoms with Crippen molar-refractivity contribution in [3.8, 4) is 0 Å². The summed E-state index contributed by atoms with van der Waals surface area (Å²) in [6.07, 6.45) is 3.62. The smallest absolute Gasteiger partial charge is 0.242 e. The highest BCUT2D eigenvalue weighted by Crippen LogP contribution is 2.29. The monoisotopic (exact) mass is 262 g/mol. The maximum absolute atomic E-state index is 12.2. The normalized spacial score (nSPS) is 23.9. The first-order valence-electron chi connectivity index (χ1n) is 6.41. The number of hydrogen-bond donors (Lipinski definition) is 1. The number of ether oxygens (including phenoxy) is 1. The van der Waals surface area contributed by atoms with Crippen LogP contribution in [-0.2, 0) is 9.53 Å². The van der Waals surface area contributed by atoms with Crippen LogP contribution in [0.2, 0.25) is 0 Å². The number of nitrogens with one attached hydrogen (secondary N) is 1. The summed E-state index contributed by atoms with van der Waals surface area (Å²) in [5, 5.41) is 3.24. The number of carbonyl (C=O) groups is 1. The molecule has 0 aromatic rings. The van der Waals surface area contributed by atoms with Gasteiger partial charge in [0.15, 0.2) is 0 Å². The number of rotatable bonds is 5. The summed E-state index contributed by atoms with van der Waals surface area (Å²) in [7, 11) is 0. The highest BCUT2D eigenvalue weighted by molar-refractivity contribution is 5.85. The molecule has 2 aliphatic rings. The minimum absolute atomic E-state index is 0. The zero-order valence-corrected chi connectivity index (χ0v) is 11.3. The first kappa shape index (κ1) is 14.7. The quantitative estimate of drug-likeness (QED) is 0.805. The number of amides is 1. The topological polar surface area (TPSA) is 41.6 Å². The van der Waals surface area contributed by atoms with E-state index in [1.807, 2.05) is 4.90 Å². The van der Waals surface area contributed by atoms with Crippen LogP contribution in [0.25, 0.3) is 0 Å². The number of nitrogens with zero attached hydrogens (tertiary/aromatic N) is 1. The summed E-state index contributed by atoms with van der Waals surface area (Å²) < 4.78 is 5.34. The van der Waals surface area contributed by atoms with Gasteiger partial charge < -0.3 is 15.0 Å². The van der Waals surface area contributed by atoms with Crippen LogP contribution in [0, 0.1) is 5.92 Å². The number of carbonyl (C=O) groups excluding carboxylic acids is 1. The Balaban J connectivity index is 0.00000144. The second-order valence-electron chi connectivity index (χ2n) is 4.81. The van der Waals surface area contributed by atoms with E-state index >= 15 is 0 Å². The van der Waals surface area contributed by atoms with Crippen LogP contribution in [0.5, 0.6) is 0 Å². The van der Waals surface area contributed by atoms with Crippen molar-refractivity contribution >= 4 is 18.3 Å². The van der Waals surface area contributed by atoms with Crippen LogP contribution in [0.15, 0.2) is 0 Å². The van der Waals surface area contributed by atoms with E-state index in [0.29, 0.717) is 6.61 Å². The van der Waals surface area contributed by atoms with E-state index in [1.165, 1.54) is 12.8 Å². The molecule has 1 heterocycles. The standard InChI is InChI=1S/C12H22N2O2.ClH/c1-2-6-14(8-10-3-4-10)12(15)11-9-16-7-5-13-11;/h10-11,13H,2-9H2,1H3;1H. The number of morpholine rings is 1. The van der Waals surface area contributed by atoms with Crippen molar-refractivity contribution in [2.75, 3.05) is 32.8 Å². The Kier molecular flexibility index (Phi) is 6.23. The summed E-state index contributed by atoms with van der Waals surface area (Å²) in [5.74, 6) is 0.994. The lowest BCUT2D eigenvalue weighted by Crippen LogP contribution is -2.53. The van der Waals surface area contributed by atoms with E-state index in [2.05, 4.69) is 12.2 Å². The molecule has 2 fully saturated rings. The second kappa shape index (κ2) is 7.19. The maximum Gasteiger partial charge on any atom is 0.242 e. The molecule has 1 amide bonds. The van der Waals surface area contributed by atoms with Gasteiger partial charge in [0.05, 0.1) is 13.2 Å². The van der Waals surface area contributed by atoms with E-state index in [4.69, 9.17) is 4.74 Å². The molecule has 1 saturated heterocycles. The van der Waals surface area contributed by atoms with Crippen LogP contribution in [-0.4, -0.2) is 49.7 Å². The molecule has 0 spiro atoms. The molecule has 4 nitrogen and oxygen atoms in total. The Morgan fingerprint density at radius 2 is 2.24 bits per heavy atom. The van der Waals surface area contributed by atoms with Crippen molar-refractivity contribution in [2.24, 2.45) is 5.92 Å². The van der Waals surface area contributed by atoms with E-state index in [0.717, 1.165) is 38.6 Å². The van der Waals surface area contributed by atoms with Crippen LogP contribution < -0.4 is 5.32 Å². The molecule has 0 aromatic carbocycles. The van der Waals surface area contributed by atoms with Gasteiger partial charge in [-0.15, -0.1) is 12.4 Å². The number of hydrogen-bond acceptors (Lipinski definition) is 3. The van der Waals surface area contributed by atoms with Gasteiger partial charge in [0.1, 0.15) is 6.04 Å². The molecule has 0 radical (unpaired) electrons. The summed E-state index contributed by atoms with van der Waals surface area (Å²) in [5.41, 5.74) is 0. The van der Waals surface area contributed by atoms with Crippen molar-refractivity contribution < 1.29 is 9.53 Å². The fraction of sp³-hybridized carbons (Fsp3) is 0.917. The third-order valence-corrected chi connectivity index (χ3v) is 3.20. The lowest BCUT2D eigenvalue weighted by atomic mass is 10.2. The predicted molar refractivity (Wildman–Crippen MR) is 69.5 cm³/mol. The Labute approximate surface area is 109 Å². The van der Waals surface area contributed by atoms with Gasteiger partial charge >= 0.3 is 0 Å². The molecular weight excluding hydrogens is 240 g/mol. The third-order valence-electron chi connectivity index (χ3n) is 3.20. The molecule has 1 aliphatic carbocycles. The molecule has 0 aromatic heterocycles. The summed E-state index contributed by atoms with van der Waals surface area (Å²) in [6, 6.07) is -0.112. The van der Waals surface area contributed by atoms with Gasteiger partial charge in [-0.1, -0.05) is 6.92 Å². The van der Waals surface area contributed by atoms with Crippen LogP contribution in [0.3, 0.4) is 0 Å². The Morgan fingerprint density at radius 1 is 1.47 bits per heavy atom. The SMILES string of the molecule is CCCN(CC1CC1)C(=O)C1COCCN1.Cl. The van der Waals surface area contributed by atoms with E-state index < -0.39 is 0 Å². The second-order valence-corrected chi connectivity index (χ2v) is 4.81. The molecular formula is C12H23ClN2O2. The summed E-state index contributed by atoms with van der Waals surface area (Å²) >= 11 is 0. The molecule has 5 heteroatoms. The Hall–Kier alpha value is -0.320. The van der Waals surface area contributed by atoms with Crippen molar-refractivity contribution in [3.05, 3.63) is 0 Å². The van der Waals surface area contributed by atoms with Gasteiger partial charge in [0.25, 0.3) is 0 Å². The summed E-state index contributed by atoms with van der Waals surface area (Å²) in [6.45, 7) is 6.00. The maximum atomic E-state index is 12.2. The van der Waals surface area contributed by atoms with Crippen molar-refractivity contribution in [2.45, 2.75) is 32.2 Å². The van der Waals surface area contributed by atoms with Crippen LogP contribution >= 0.6 is 12.4 Å². The van der Waals surface area contributed by atoms with E-state index in [-0.39, 0.29) is 24.4 Å². The highest BCUT2D eigenvalue weighted by atomic mass is 35.5. The zero-order valence-electron chi connectivity index (χ0n) is 10.5. The number of halogens is 1. The zero-order chi connectivity index (χ0) is 11.4. The lowest BCUT2D eigenvalue weighted by molar-refractivity contribution is -0.136. The van der Waals surface area contributed by atoms with E-state index in [1.54, 1.807) is 0 Å². The Bertz CT molecular complexity index is 241. The van der Waals surface area contributed by atoms with E-state index in [9.17, 15) is 4.79 Å². The molecule has 1 unspecified atom stereocenters. The van der Waals surface area contributed by atoms with Gasteiger partial charge in [0.2, 0.25) is 5.91 Å². The fourth-order valence-corrected chi connectivity index (χ4v) is 2.12. The predicted octanol–water partition coefficient (Wildman–Crippen LogP) is 1.05. The average molecular weight is 263 g/mol. The first-order valence-corrected chi connectivity index (χ1v) is 6.41. The Morgan fingerprint density at radius 3 is 2.76 bits per heavy atom. The average Bonchev–Trinajstić information content (AvgIpc) is 3.13. The van der Waals surface area contributed by atoms with Crippen molar-refractivity contribution in [1.82, 2.24) is 10.2 Å². The van der Waals surface area contributed by atoms with Gasteiger partial charge in [0, 0.05) is 19.6 Å². The molecule has 1 atom stereocenters. The highest BCUT2D eigenvalue weighted by Gasteiger charge is 2.30. The molecule has 1 N–H and O–H groups in total. The minimum atomic E-state index is -0.112. The largest absolute Gasteiger partial charge is 0.378 e. The third kappa shape index (κ3) is 4.45. The van der Waals surface area contributed by atoms with Gasteiger partial charge in [-0.3, -0.25) is 4.79 Å². The first-order chi connectivity index (χ1) is 7.81. The van der Waals surface area contributed by atoms with Gasteiger partial charge in [-0.2, -0.15) is 0 Å². The fourth-order valence-electron chi connectivity index (χ4n) is 2.12. The molecule has 17 heavy (non-hydrogen) atoms. The van der Waals surface area contributed by atoms with Crippen molar-refractivity contribution in [3.63, 3.8) is 0 Å². The van der Waals surface area contributed by atoms with Gasteiger partial charge in [-0.25, -0.2) is 0 Å². The lowest BCUT2D eigenvalue weighted by Gasteiger charge is -2.30. The summed E-state index contributed by atoms with van der Waals surface area (Å²) in [4.78, 5) is 14.3. The molecule has 1 aliphatic heterocycles. The van der Waals surface area contributed by atoms with Crippen molar-refractivity contribution in [1.29, 1.82) is 0 Å². The molecule has 0 bridgehead atoms. The van der Waals surface area contributed by atoms with Crippen LogP contribution in [0.1, 0.15) is 26.2 Å². The molecule has 100 valence electrons. The minimum Gasteiger partial charge on any atom is -0.378 e. The molecule has 2 rings (SSSR count). The molecule has 1 saturated carbocycles.